The van der Waals surface area contributed by atoms with E-state index in [4.69, 9.17) is 4.74 Å². The Hall–Kier alpha value is -1.43. The standard InChI is InChI=1S/C13H18F3NO2/c1-9(2)12(8-18-3)17-10-4-6-11(7-5-10)19-13(14,15)16/h4-7,9,12,17H,8H2,1-3H3. The Morgan fingerprint density at radius 2 is 1.74 bits per heavy atom. The summed E-state index contributed by atoms with van der Waals surface area (Å²) in [5.41, 5.74) is 0.727. The second-order valence-electron chi connectivity index (χ2n) is 4.52. The Labute approximate surface area is 110 Å². The molecule has 0 bridgehead atoms. The molecule has 1 aromatic carbocycles. The molecule has 0 aliphatic heterocycles. The summed E-state index contributed by atoms with van der Waals surface area (Å²) in [6, 6.07) is 5.75. The lowest BCUT2D eigenvalue weighted by molar-refractivity contribution is -0.274. The quantitative estimate of drug-likeness (QED) is 0.860. The third-order valence-electron chi connectivity index (χ3n) is 2.59. The first-order valence-electron chi connectivity index (χ1n) is 5.93. The Bertz CT molecular complexity index is 376. The second kappa shape index (κ2) is 6.65. The van der Waals surface area contributed by atoms with E-state index in [2.05, 4.69) is 10.1 Å². The van der Waals surface area contributed by atoms with Crippen molar-refractivity contribution in [3.05, 3.63) is 24.3 Å². The number of ether oxygens (including phenoxy) is 2. The van der Waals surface area contributed by atoms with Crippen molar-refractivity contribution in [1.82, 2.24) is 0 Å². The highest BCUT2D eigenvalue weighted by atomic mass is 19.4. The third kappa shape index (κ3) is 5.83. The third-order valence-corrected chi connectivity index (χ3v) is 2.59. The molecule has 1 aromatic rings. The minimum Gasteiger partial charge on any atom is -0.406 e. The number of anilines is 1. The van der Waals surface area contributed by atoms with Crippen molar-refractivity contribution < 1.29 is 22.6 Å². The van der Waals surface area contributed by atoms with Gasteiger partial charge in [0.1, 0.15) is 5.75 Å². The monoisotopic (exact) mass is 277 g/mol. The van der Waals surface area contributed by atoms with Gasteiger partial charge in [-0.05, 0) is 30.2 Å². The zero-order valence-electron chi connectivity index (χ0n) is 11.1. The first-order valence-corrected chi connectivity index (χ1v) is 5.93. The summed E-state index contributed by atoms with van der Waals surface area (Å²) in [6.45, 7) is 4.61. The maximum Gasteiger partial charge on any atom is 0.573 e. The molecule has 0 saturated heterocycles. The van der Waals surface area contributed by atoms with Gasteiger partial charge in [-0.25, -0.2) is 0 Å². The van der Waals surface area contributed by atoms with Crippen molar-refractivity contribution in [3.8, 4) is 5.75 Å². The summed E-state index contributed by atoms with van der Waals surface area (Å²) in [4.78, 5) is 0. The van der Waals surface area contributed by atoms with Crippen LogP contribution in [0.15, 0.2) is 24.3 Å². The summed E-state index contributed by atoms with van der Waals surface area (Å²) in [6.07, 6.45) is -4.66. The molecule has 0 aliphatic rings. The fourth-order valence-electron chi connectivity index (χ4n) is 1.55. The van der Waals surface area contributed by atoms with E-state index >= 15 is 0 Å². The maximum absolute atomic E-state index is 12.0. The van der Waals surface area contributed by atoms with Gasteiger partial charge < -0.3 is 14.8 Å². The lowest BCUT2D eigenvalue weighted by Crippen LogP contribution is -2.30. The molecule has 0 fully saturated rings. The van der Waals surface area contributed by atoms with Gasteiger partial charge in [0.15, 0.2) is 0 Å². The summed E-state index contributed by atoms with van der Waals surface area (Å²) < 4.78 is 44.9. The lowest BCUT2D eigenvalue weighted by atomic mass is 10.1. The van der Waals surface area contributed by atoms with Crippen molar-refractivity contribution in [2.24, 2.45) is 5.92 Å². The largest absolute Gasteiger partial charge is 0.573 e. The van der Waals surface area contributed by atoms with E-state index in [0.29, 0.717) is 12.5 Å². The van der Waals surface area contributed by atoms with E-state index in [-0.39, 0.29) is 11.8 Å². The molecule has 6 heteroatoms. The molecule has 1 unspecified atom stereocenters. The molecule has 0 radical (unpaired) electrons. The Kier molecular flexibility index (Phi) is 5.47. The maximum atomic E-state index is 12.0. The van der Waals surface area contributed by atoms with Gasteiger partial charge >= 0.3 is 6.36 Å². The van der Waals surface area contributed by atoms with Crippen molar-refractivity contribution in [1.29, 1.82) is 0 Å². The van der Waals surface area contributed by atoms with Crippen molar-refractivity contribution in [2.45, 2.75) is 26.3 Å². The van der Waals surface area contributed by atoms with Crippen LogP contribution in [0.1, 0.15) is 13.8 Å². The van der Waals surface area contributed by atoms with Gasteiger partial charge in [-0.3, -0.25) is 0 Å². The molecule has 0 aliphatic carbocycles. The van der Waals surface area contributed by atoms with E-state index in [1.54, 1.807) is 19.2 Å². The molecule has 1 N–H and O–H groups in total. The smallest absolute Gasteiger partial charge is 0.406 e. The Morgan fingerprint density at radius 3 is 2.16 bits per heavy atom. The predicted molar refractivity (Wildman–Crippen MR) is 67.2 cm³/mol. The SMILES string of the molecule is COCC(Nc1ccc(OC(F)(F)F)cc1)C(C)C. The van der Waals surface area contributed by atoms with Gasteiger partial charge in [-0.1, -0.05) is 13.8 Å². The fourth-order valence-corrected chi connectivity index (χ4v) is 1.55. The van der Waals surface area contributed by atoms with Crippen LogP contribution in [0.4, 0.5) is 18.9 Å². The van der Waals surface area contributed by atoms with Gasteiger partial charge in [0, 0.05) is 12.8 Å². The van der Waals surface area contributed by atoms with E-state index in [1.807, 2.05) is 13.8 Å². The average molecular weight is 277 g/mol. The Balaban J connectivity index is 2.65. The van der Waals surface area contributed by atoms with Crippen LogP contribution in [0.2, 0.25) is 0 Å². The van der Waals surface area contributed by atoms with Crippen LogP contribution in [0.3, 0.4) is 0 Å². The van der Waals surface area contributed by atoms with Gasteiger partial charge in [-0.2, -0.15) is 0 Å². The highest BCUT2D eigenvalue weighted by molar-refractivity contribution is 5.47. The molecule has 0 amide bonds. The van der Waals surface area contributed by atoms with Crippen LogP contribution in [-0.4, -0.2) is 26.1 Å². The number of nitrogens with one attached hydrogen (secondary N) is 1. The highest BCUT2D eigenvalue weighted by Gasteiger charge is 2.30. The van der Waals surface area contributed by atoms with Gasteiger partial charge in [0.2, 0.25) is 0 Å². The molecule has 3 nitrogen and oxygen atoms in total. The summed E-state index contributed by atoms with van der Waals surface area (Å²) in [5, 5.41) is 3.21. The number of methoxy groups -OCH3 is 1. The molecule has 0 heterocycles. The van der Waals surface area contributed by atoms with Gasteiger partial charge in [0.05, 0.1) is 12.6 Å². The molecular weight excluding hydrogens is 259 g/mol. The predicted octanol–water partition coefficient (Wildman–Crippen LogP) is 3.67. The molecule has 1 rings (SSSR count). The molecule has 0 saturated carbocycles. The van der Waals surface area contributed by atoms with E-state index in [0.717, 1.165) is 5.69 Å². The van der Waals surface area contributed by atoms with Crippen LogP contribution in [0.5, 0.6) is 5.75 Å². The molecule has 19 heavy (non-hydrogen) atoms. The number of alkyl halides is 3. The van der Waals surface area contributed by atoms with Crippen LogP contribution < -0.4 is 10.1 Å². The first-order chi connectivity index (χ1) is 8.81. The molecular formula is C13H18F3NO2. The van der Waals surface area contributed by atoms with Crippen LogP contribution in [-0.2, 0) is 4.74 Å². The van der Waals surface area contributed by atoms with Crippen LogP contribution >= 0.6 is 0 Å². The summed E-state index contributed by atoms with van der Waals surface area (Å²) in [7, 11) is 1.61. The number of halogens is 3. The molecule has 1 atom stereocenters. The van der Waals surface area contributed by atoms with Crippen LogP contribution in [0.25, 0.3) is 0 Å². The number of rotatable bonds is 6. The normalized spacial score (nSPS) is 13.4. The topological polar surface area (TPSA) is 30.5 Å². The average Bonchev–Trinajstić information content (AvgIpc) is 2.29. The van der Waals surface area contributed by atoms with E-state index in [9.17, 15) is 13.2 Å². The van der Waals surface area contributed by atoms with Crippen molar-refractivity contribution in [2.75, 3.05) is 19.0 Å². The second-order valence-corrected chi connectivity index (χ2v) is 4.52. The summed E-state index contributed by atoms with van der Waals surface area (Å²) >= 11 is 0. The van der Waals surface area contributed by atoms with Crippen molar-refractivity contribution in [3.63, 3.8) is 0 Å². The van der Waals surface area contributed by atoms with E-state index < -0.39 is 6.36 Å². The molecule has 0 spiro atoms. The zero-order chi connectivity index (χ0) is 14.5. The fraction of sp³-hybridized carbons (Fsp3) is 0.538. The number of benzene rings is 1. The lowest BCUT2D eigenvalue weighted by Gasteiger charge is -2.22. The Morgan fingerprint density at radius 1 is 1.16 bits per heavy atom. The van der Waals surface area contributed by atoms with E-state index in [1.165, 1.54) is 12.1 Å². The molecule has 0 aromatic heterocycles. The van der Waals surface area contributed by atoms with Gasteiger partial charge in [-0.15, -0.1) is 13.2 Å². The highest BCUT2D eigenvalue weighted by Crippen LogP contribution is 2.24. The number of hydrogen-bond donors (Lipinski definition) is 1. The number of hydrogen-bond acceptors (Lipinski definition) is 3. The zero-order valence-corrected chi connectivity index (χ0v) is 11.1. The van der Waals surface area contributed by atoms with Crippen molar-refractivity contribution >= 4 is 5.69 Å². The van der Waals surface area contributed by atoms with Crippen LogP contribution in [0, 0.1) is 5.92 Å². The summed E-state index contributed by atoms with van der Waals surface area (Å²) in [5.74, 6) is 0.108. The minimum atomic E-state index is -4.66. The molecule has 108 valence electrons. The van der Waals surface area contributed by atoms with Gasteiger partial charge in [0.25, 0.3) is 0 Å². The minimum absolute atomic E-state index is 0.0967. The first kappa shape index (κ1) is 15.6.